The average Bonchev–Trinajstić information content (AvgIpc) is 2.42. The van der Waals surface area contributed by atoms with E-state index in [9.17, 15) is 27.4 Å². The highest BCUT2D eigenvalue weighted by molar-refractivity contribution is 7.57. The summed E-state index contributed by atoms with van der Waals surface area (Å²) in [4.78, 5) is 0. The van der Waals surface area contributed by atoms with Crippen molar-refractivity contribution < 1.29 is 27.4 Å². The van der Waals surface area contributed by atoms with Gasteiger partial charge in [0.25, 0.3) is 45.6 Å². The van der Waals surface area contributed by atoms with Crippen molar-refractivity contribution in [2.45, 2.75) is 32.3 Å². The van der Waals surface area contributed by atoms with Crippen LogP contribution in [0.5, 0.6) is 0 Å². The number of alkyl halides is 6. The topological polar surface area (TPSA) is 571 Å². The Balaban J connectivity index is -0.0000000944. The summed E-state index contributed by atoms with van der Waals surface area (Å²) in [5.74, 6) is 0. The fraction of sp³-hybridized carbons (Fsp3) is 1.00. The van der Waals surface area contributed by atoms with E-state index in [0.717, 1.165) is 0 Å². The second-order valence-corrected chi connectivity index (χ2v) is 20.9. The molecule has 24 nitrogen and oxygen atoms in total. The van der Waals surface area contributed by atoms with Crippen LogP contribution in [0.3, 0.4) is 0 Å². The number of nitrogens with two attached hydrogens (primary N) is 18. The quantitative estimate of drug-likeness (QED) is 0.0975. The van der Waals surface area contributed by atoms with Crippen LogP contribution >= 0.6 is 115 Å². The molecule has 42 heavy (non-hydrogen) atoms. The van der Waals surface area contributed by atoms with E-state index in [-0.39, 0.29) is 0 Å². The van der Waals surface area contributed by atoms with Crippen LogP contribution in [0.4, 0.5) is 0 Å². The lowest BCUT2D eigenvalue weighted by atomic mass is 9.97. The molecule has 1 rings (SSSR count). The molecule has 0 heterocycles. The third-order valence-electron chi connectivity index (χ3n) is 1.90. The first-order valence-corrected chi connectivity index (χ1v) is 22.8. The summed E-state index contributed by atoms with van der Waals surface area (Å²) in [7, 11) is -18.8. The molecule has 36 heteroatoms. The zero-order valence-corrected chi connectivity index (χ0v) is 31.3. The van der Waals surface area contributed by atoms with Crippen molar-refractivity contribution >= 4 is 115 Å². The van der Waals surface area contributed by atoms with Crippen LogP contribution in [0.15, 0.2) is 0 Å². The third kappa shape index (κ3) is 90.1. The van der Waals surface area contributed by atoms with Crippen molar-refractivity contribution in [3.63, 3.8) is 0 Å². The van der Waals surface area contributed by atoms with E-state index in [0.29, 0.717) is 19.3 Å². The van der Waals surface area contributed by atoms with Gasteiger partial charge in [0.15, 0.2) is 13.0 Å². The molecule has 264 valence electrons. The van der Waals surface area contributed by atoms with Crippen LogP contribution in [-0.2, 0) is 27.4 Å². The van der Waals surface area contributed by atoms with E-state index in [2.05, 4.69) is 99.1 Å². The second-order valence-electron chi connectivity index (χ2n) is 7.42. The van der Waals surface area contributed by atoms with Crippen molar-refractivity contribution in [3.8, 4) is 0 Å². The zero-order chi connectivity index (χ0) is 36.6. The third-order valence-corrected chi connectivity index (χ3v) is 5.85. The summed E-state index contributed by atoms with van der Waals surface area (Å²) in [6.45, 7) is 0. The predicted octanol–water partition coefficient (Wildman–Crippen LogP) is -1.48. The molecule has 0 amide bonds. The number of halogens is 6. The zero-order valence-electron chi connectivity index (χ0n) is 21.4. The smallest absolute Gasteiger partial charge is 0.271 e. The molecule has 0 unspecified atom stereocenters. The molecule has 0 atom stereocenters. The number of rotatable bonds is 0. The fourth-order valence-corrected chi connectivity index (χ4v) is 2.87. The predicted molar refractivity (Wildman–Crippen MR) is 178 cm³/mol. The molecule has 0 aromatic heterocycles. The van der Waals surface area contributed by atoms with E-state index in [1.54, 1.807) is 0 Å². The standard InChI is InChI=1S/C6H6Cl6.6H6N3OP/c7-4(8)2-1-3-5(9,10)6(4,11)12;6*1-5(2,3)4/h1-3H2;6*(H6,1,2,3,4). The molecular formula is C6H42Cl6N18O6P6. The molecule has 1 aliphatic carbocycles. The first-order chi connectivity index (χ1) is 17.2. The summed E-state index contributed by atoms with van der Waals surface area (Å²) in [5, 5.41) is 0. The van der Waals surface area contributed by atoms with Crippen LogP contribution in [-0.4, -0.2) is 13.0 Å². The highest BCUT2D eigenvalue weighted by Crippen LogP contribution is 2.60. The molecule has 0 saturated heterocycles. The van der Waals surface area contributed by atoms with Crippen molar-refractivity contribution in [2.75, 3.05) is 0 Å². The molecule has 0 spiro atoms. The maximum absolute atomic E-state index is 9.55. The lowest BCUT2D eigenvalue weighted by molar-refractivity contribution is 0.429. The Kier molecular flexibility index (Phi) is 29.9. The molecule has 0 radical (unpaired) electrons. The molecule has 0 aromatic carbocycles. The van der Waals surface area contributed by atoms with Gasteiger partial charge in [-0.3, -0.25) is 126 Å². The maximum atomic E-state index is 9.55. The van der Waals surface area contributed by atoms with Gasteiger partial charge in [0.2, 0.25) is 0 Å². The molecule has 1 aliphatic rings. The highest BCUT2D eigenvalue weighted by atomic mass is 35.5. The fourth-order valence-electron chi connectivity index (χ4n) is 1.11. The highest BCUT2D eigenvalue weighted by Gasteiger charge is 2.62. The van der Waals surface area contributed by atoms with Gasteiger partial charge < -0.3 is 0 Å². The summed E-state index contributed by atoms with van der Waals surface area (Å²) in [5.41, 5.74) is 80.4. The SMILES string of the molecule is ClC1(Cl)CCCC(Cl)(Cl)C1(Cl)Cl.NP(N)(N)=O.NP(N)(N)=O.NP(N)(N)=O.NP(N)(N)=O.NP(N)(N)=O.NP(N)(N)=O. The van der Waals surface area contributed by atoms with Crippen molar-refractivity contribution in [2.24, 2.45) is 99.1 Å². The summed E-state index contributed by atoms with van der Waals surface area (Å²) in [6.07, 6.45) is 1.69. The van der Waals surface area contributed by atoms with E-state index in [4.69, 9.17) is 69.6 Å². The van der Waals surface area contributed by atoms with E-state index >= 15 is 0 Å². The van der Waals surface area contributed by atoms with Crippen LogP contribution in [0, 0.1) is 0 Å². The minimum absolute atomic E-state index is 0.490. The Hall–Kier alpha value is 2.40. The van der Waals surface area contributed by atoms with E-state index in [1.807, 2.05) is 0 Å². The first-order valence-electron chi connectivity index (χ1n) is 9.08. The van der Waals surface area contributed by atoms with Gasteiger partial charge >= 0.3 is 0 Å². The monoisotopic (exact) mass is 858 g/mol. The summed E-state index contributed by atoms with van der Waals surface area (Å²) < 4.78 is 53.2. The van der Waals surface area contributed by atoms with Gasteiger partial charge in [-0.1, -0.05) is 69.6 Å². The van der Waals surface area contributed by atoms with Crippen LogP contribution in [0.1, 0.15) is 19.3 Å². The molecule has 0 bridgehead atoms. The Bertz CT molecular complexity index is 810. The van der Waals surface area contributed by atoms with Crippen LogP contribution in [0.2, 0.25) is 0 Å². The molecule has 0 aromatic rings. The van der Waals surface area contributed by atoms with Crippen LogP contribution in [0.25, 0.3) is 0 Å². The minimum Gasteiger partial charge on any atom is -0.272 e. The average molecular weight is 861 g/mol. The van der Waals surface area contributed by atoms with Crippen molar-refractivity contribution in [3.05, 3.63) is 0 Å². The Labute approximate surface area is 272 Å². The number of hydrogen-bond donors (Lipinski definition) is 18. The largest absolute Gasteiger partial charge is 0.272 e. The van der Waals surface area contributed by atoms with Crippen LogP contribution < -0.4 is 99.1 Å². The Morgan fingerprint density at radius 3 is 0.500 bits per heavy atom. The second kappa shape index (κ2) is 22.1. The normalized spacial score (nSPS) is 17.4. The van der Waals surface area contributed by atoms with Gasteiger partial charge in [-0.25, -0.2) is 0 Å². The summed E-state index contributed by atoms with van der Waals surface area (Å²) >= 11 is 35.3. The lowest BCUT2D eigenvalue weighted by Crippen LogP contribution is -2.52. The van der Waals surface area contributed by atoms with Gasteiger partial charge in [0, 0.05) is 0 Å². The van der Waals surface area contributed by atoms with Gasteiger partial charge in [-0.15, -0.1) is 0 Å². The Morgan fingerprint density at radius 1 is 0.333 bits per heavy atom. The lowest BCUT2D eigenvalue weighted by Gasteiger charge is -2.45. The number of hydrogen-bond acceptors (Lipinski definition) is 6. The first kappa shape index (κ1) is 56.7. The van der Waals surface area contributed by atoms with E-state index < -0.39 is 58.6 Å². The van der Waals surface area contributed by atoms with Gasteiger partial charge in [-0.05, 0) is 19.3 Å². The molecule has 1 fully saturated rings. The molecule has 0 aliphatic heterocycles. The summed E-state index contributed by atoms with van der Waals surface area (Å²) in [6, 6.07) is 0. The molecular weight excluding hydrogens is 819 g/mol. The van der Waals surface area contributed by atoms with Gasteiger partial charge in [0.05, 0.1) is 0 Å². The van der Waals surface area contributed by atoms with Gasteiger partial charge in [0.1, 0.15) is 0 Å². The molecule has 1 saturated carbocycles. The van der Waals surface area contributed by atoms with Gasteiger partial charge in [-0.2, -0.15) is 0 Å². The van der Waals surface area contributed by atoms with E-state index in [1.165, 1.54) is 0 Å². The minimum atomic E-state index is -3.14. The molecule has 36 N–H and O–H groups in total. The Morgan fingerprint density at radius 2 is 0.429 bits per heavy atom. The van der Waals surface area contributed by atoms with Crippen molar-refractivity contribution in [1.82, 2.24) is 0 Å². The maximum Gasteiger partial charge on any atom is 0.271 e. The van der Waals surface area contributed by atoms with Crippen molar-refractivity contribution in [1.29, 1.82) is 0 Å².